The van der Waals surface area contributed by atoms with Crippen LogP contribution >= 0.6 is 11.8 Å². The highest BCUT2D eigenvalue weighted by molar-refractivity contribution is 8.00. The maximum atomic E-state index is 12.7. The number of benzene rings is 4. The molecule has 0 unspecified atom stereocenters. The summed E-state index contributed by atoms with van der Waals surface area (Å²) in [6, 6.07) is 27.3. The molecule has 0 aliphatic carbocycles. The van der Waals surface area contributed by atoms with Gasteiger partial charge in [-0.1, -0.05) is 61.5 Å². The first-order valence-electron chi connectivity index (χ1n) is 10.9. The number of carbonyl (C=O) groups is 2. The van der Waals surface area contributed by atoms with Crippen molar-refractivity contribution in [3.8, 4) is 0 Å². The highest BCUT2D eigenvalue weighted by Gasteiger charge is 2.11. The first kappa shape index (κ1) is 22.6. The Hall–Kier alpha value is -3.57. The summed E-state index contributed by atoms with van der Waals surface area (Å²) in [6.07, 6.45) is 0.864. The van der Waals surface area contributed by atoms with Gasteiger partial charge in [0, 0.05) is 21.8 Å². The van der Waals surface area contributed by atoms with E-state index in [1.807, 2.05) is 91.9 Å². The molecule has 0 aliphatic heterocycles. The van der Waals surface area contributed by atoms with Crippen LogP contribution < -0.4 is 10.6 Å². The molecule has 0 radical (unpaired) electrons. The van der Waals surface area contributed by atoms with Crippen LogP contribution in [-0.4, -0.2) is 17.6 Å². The molecule has 166 valence electrons. The Bertz CT molecular complexity index is 1320. The third-order valence-corrected chi connectivity index (χ3v) is 6.47. The van der Waals surface area contributed by atoms with Crippen LogP contribution in [0.1, 0.15) is 28.4 Å². The van der Waals surface area contributed by atoms with Gasteiger partial charge < -0.3 is 10.6 Å². The highest BCUT2D eigenvalue weighted by Crippen LogP contribution is 2.25. The molecule has 0 fully saturated rings. The molecule has 0 heterocycles. The van der Waals surface area contributed by atoms with Crippen molar-refractivity contribution in [1.82, 2.24) is 0 Å². The smallest absolute Gasteiger partial charge is 0.255 e. The van der Waals surface area contributed by atoms with E-state index in [-0.39, 0.29) is 11.8 Å². The van der Waals surface area contributed by atoms with Gasteiger partial charge in [0.25, 0.3) is 5.91 Å². The first-order chi connectivity index (χ1) is 16.0. The summed E-state index contributed by atoms with van der Waals surface area (Å²) in [4.78, 5) is 26.2. The Morgan fingerprint density at radius 2 is 1.61 bits per heavy atom. The Labute approximate surface area is 198 Å². The van der Waals surface area contributed by atoms with Crippen LogP contribution in [0.5, 0.6) is 0 Å². The maximum Gasteiger partial charge on any atom is 0.255 e. The average Bonchev–Trinajstić information content (AvgIpc) is 2.84. The number of fused-ring (bicyclic) bond motifs is 1. The molecule has 2 amide bonds. The summed E-state index contributed by atoms with van der Waals surface area (Å²) in [6.45, 7) is 4.08. The molecule has 4 aromatic carbocycles. The third kappa shape index (κ3) is 5.62. The van der Waals surface area contributed by atoms with Crippen molar-refractivity contribution in [1.29, 1.82) is 0 Å². The minimum atomic E-state index is -0.160. The number of aryl methyl sites for hydroxylation is 2. The fraction of sp³-hybridized carbons (Fsp3) is 0.143. The van der Waals surface area contributed by atoms with E-state index in [1.54, 1.807) is 0 Å². The molecule has 4 aromatic rings. The van der Waals surface area contributed by atoms with Crippen LogP contribution in [0.15, 0.2) is 89.8 Å². The van der Waals surface area contributed by atoms with E-state index in [0.29, 0.717) is 17.0 Å². The minimum absolute atomic E-state index is 0.0467. The standard InChI is InChI=1S/C28H26N2O2S/c1-3-20-11-6-8-19(2)27(20)30-26(31)18-33-25-13-7-12-24(17-25)29-28(32)23-15-14-21-9-4-5-10-22(21)16-23/h4-17H,3,18H2,1-2H3,(H,29,32)(H,30,31). The molecule has 0 spiro atoms. The highest BCUT2D eigenvalue weighted by atomic mass is 32.2. The fourth-order valence-corrected chi connectivity index (χ4v) is 4.48. The summed E-state index contributed by atoms with van der Waals surface area (Å²) in [5.74, 6) is 0.0847. The van der Waals surface area contributed by atoms with Crippen LogP contribution in [0, 0.1) is 6.92 Å². The average molecular weight is 455 g/mol. The van der Waals surface area contributed by atoms with E-state index >= 15 is 0 Å². The van der Waals surface area contributed by atoms with E-state index in [4.69, 9.17) is 0 Å². The summed E-state index contributed by atoms with van der Waals surface area (Å²) in [5, 5.41) is 8.14. The molecule has 4 nitrogen and oxygen atoms in total. The lowest BCUT2D eigenvalue weighted by atomic mass is 10.1. The number of thioether (sulfide) groups is 1. The molecule has 0 saturated heterocycles. The van der Waals surface area contributed by atoms with Crippen molar-refractivity contribution in [2.75, 3.05) is 16.4 Å². The number of hydrogen-bond acceptors (Lipinski definition) is 3. The van der Waals surface area contributed by atoms with Crippen molar-refractivity contribution >= 4 is 45.7 Å². The Morgan fingerprint density at radius 1 is 0.818 bits per heavy atom. The number of hydrogen-bond donors (Lipinski definition) is 2. The van der Waals surface area contributed by atoms with Gasteiger partial charge in [0.05, 0.1) is 5.75 Å². The van der Waals surface area contributed by atoms with Crippen molar-refractivity contribution in [2.24, 2.45) is 0 Å². The van der Waals surface area contributed by atoms with Crippen LogP contribution in [0.3, 0.4) is 0 Å². The molecular formula is C28H26N2O2S. The second-order valence-electron chi connectivity index (χ2n) is 7.84. The lowest BCUT2D eigenvalue weighted by molar-refractivity contribution is -0.113. The SMILES string of the molecule is CCc1cccc(C)c1NC(=O)CSc1cccc(NC(=O)c2ccc3ccccc3c2)c1. The second-order valence-corrected chi connectivity index (χ2v) is 8.89. The van der Waals surface area contributed by atoms with Crippen molar-refractivity contribution < 1.29 is 9.59 Å². The monoisotopic (exact) mass is 454 g/mol. The van der Waals surface area contributed by atoms with Gasteiger partial charge in [0.1, 0.15) is 0 Å². The van der Waals surface area contributed by atoms with Crippen molar-refractivity contribution in [3.63, 3.8) is 0 Å². The van der Waals surface area contributed by atoms with Crippen LogP contribution in [0.25, 0.3) is 10.8 Å². The van der Waals surface area contributed by atoms with E-state index < -0.39 is 0 Å². The fourth-order valence-electron chi connectivity index (χ4n) is 3.72. The van der Waals surface area contributed by atoms with Crippen LogP contribution in [0.4, 0.5) is 11.4 Å². The van der Waals surface area contributed by atoms with Gasteiger partial charge in [-0.15, -0.1) is 11.8 Å². The van der Waals surface area contributed by atoms with Gasteiger partial charge in [0.15, 0.2) is 0 Å². The first-order valence-corrected chi connectivity index (χ1v) is 11.9. The molecule has 4 rings (SSSR count). The molecule has 33 heavy (non-hydrogen) atoms. The molecule has 0 aliphatic rings. The number of carbonyl (C=O) groups excluding carboxylic acids is 2. The van der Waals surface area contributed by atoms with E-state index in [0.717, 1.165) is 38.9 Å². The molecule has 0 atom stereocenters. The lowest BCUT2D eigenvalue weighted by Crippen LogP contribution is -2.16. The van der Waals surface area contributed by atoms with E-state index in [9.17, 15) is 9.59 Å². The van der Waals surface area contributed by atoms with Gasteiger partial charge >= 0.3 is 0 Å². The van der Waals surface area contributed by atoms with E-state index in [2.05, 4.69) is 17.6 Å². The minimum Gasteiger partial charge on any atom is -0.325 e. The zero-order chi connectivity index (χ0) is 23.2. The quantitative estimate of drug-likeness (QED) is 0.306. The Kier molecular flexibility index (Phi) is 7.10. The van der Waals surface area contributed by atoms with Gasteiger partial charge in [-0.2, -0.15) is 0 Å². The molecule has 0 bridgehead atoms. The topological polar surface area (TPSA) is 58.2 Å². The largest absolute Gasteiger partial charge is 0.325 e. The molecule has 2 N–H and O–H groups in total. The predicted octanol–water partition coefficient (Wildman–Crippen LogP) is 6.69. The summed E-state index contributed by atoms with van der Waals surface area (Å²) >= 11 is 1.44. The third-order valence-electron chi connectivity index (χ3n) is 5.48. The molecule has 5 heteroatoms. The number of nitrogens with one attached hydrogen (secondary N) is 2. The normalized spacial score (nSPS) is 10.7. The molecule has 0 aromatic heterocycles. The summed E-state index contributed by atoms with van der Waals surface area (Å²) in [5.41, 5.74) is 4.40. The maximum absolute atomic E-state index is 12.7. The summed E-state index contributed by atoms with van der Waals surface area (Å²) in [7, 11) is 0. The van der Waals surface area contributed by atoms with Gasteiger partial charge in [-0.3, -0.25) is 9.59 Å². The van der Waals surface area contributed by atoms with Gasteiger partial charge in [-0.05, 0) is 65.6 Å². The number of amides is 2. The lowest BCUT2D eigenvalue weighted by Gasteiger charge is -2.13. The van der Waals surface area contributed by atoms with Crippen LogP contribution in [0.2, 0.25) is 0 Å². The van der Waals surface area contributed by atoms with Crippen molar-refractivity contribution in [2.45, 2.75) is 25.2 Å². The number of para-hydroxylation sites is 1. The predicted molar refractivity (Wildman–Crippen MR) is 138 cm³/mol. The number of anilines is 2. The van der Waals surface area contributed by atoms with Gasteiger partial charge in [-0.25, -0.2) is 0 Å². The molecule has 0 saturated carbocycles. The van der Waals surface area contributed by atoms with Crippen LogP contribution in [-0.2, 0) is 11.2 Å². The Morgan fingerprint density at radius 3 is 2.42 bits per heavy atom. The summed E-state index contributed by atoms with van der Waals surface area (Å²) < 4.78 is 0. The Balaban J connectivity index is 1.38. The second kappa shape index (κ2) is 10.4. The zero-order valence-corrected chi connectivity index (χ0v) is 19.5. The number of rotatable bonds is 7. The molecular weight excluding hydrogens is 428 g/mol. The van der Waals surface area contributed by atoms with Crippen molar-refractivity contribution in [3.05, 3.63) is 102 Å². The van der Waals surface area contributed by atoms with Gasteiger partial charge in [0.2, 0.25) is 5.91 Å². The zero-order valence-electron chi connectivity index (χ0n) is 18.7. The van der Waals surface area contributed by atoms with E-state index in [1.165, 1.54) is 11.8 Å².